The molecule has 0 radical (unpaired) electrons. The number of piperazine rings is 1. The molecular formula is C16H18F3N3O4. The Morgan fingerprint density at radius 2 is 1.69 bits per heavy atom. The summed E-state index contributed by atoms with van der Waals surface area (Å²) in [6, 6.07) is 3.78. The molecule has 0 bridgehead atoms. The Bertz CT molecular complexity index is 686. The van der Waals surface area contributed by atoms with E-state index < -0.39 is 29.6 Å². The highest BCUT2D eigenvalue weighted by atomic mass is 19.4. The number of amides is 3. The van der Waals surface area contributed by atoms with Gasteiger partial charge in [0.1, 0.15) is 0 Å². The minimum absolute atomic E-state index is 0.00243. The lowest BCUT2D eigenvalue weighted by atomic mass is 10.1. The van der Waals surface area contributed by atoms with E-state index in [0.29, 0.717) is 0 Å². The topological polar surface area (TPSA) is 89.9 Å². The van der Waals surface area contributed by atoms with Crippen LogP contribution in [0.4, 0.5) is 18.0 Å². The van der Waals surface area contributed by atoms with Crippen molar-refractivity contribution in [1.29, 1.82) is 0 Å². The Hall–Kier alpha value is -2.78. The standard InChI is InChI=1S/C16H18F3N3O4/c17-16(18,19)12-3-1-2-11(10-12)14(25)21-6-8-22(9-7-21)15(26)20-5-4-13(23)24/h1-3,10H,4-9H2,(H,20,26)(H,23,24). The fourth-order valence-corrected chi connectivity index (χ4v) is 2.51. The van der Waals surface area contributed by atoms with E-state index in [1.54, 1.807) is 0 Å². The average molecular weight is 373 g/mol. The summed E-state index contributed by atoms with van der Waals surface area (Å²) in [5.41, 5.74) is -0.945. The number of carboxylic acids is 1. The Morgan fingerprint density at radius 3 is 2.27 bits per heavy atom. The number of benzene rings is 1. The number of hydrogen-bond donors (Lipinski definition) is 2. The Labute approximate surface area is 147 Å². The molecule has 1 fully saturated rings. The van der Waals surface area contributed by atoms with E-state index in [1.807, 2.05) is 0 Å². The van der Waals surface area contributed by atoms with Crippen LogP contribution in [0.15, 0.2) is 24.3 Å². The second-order valence-electron chi connectivity index (χ2n) is 5.73. The van der Waals surface area contributed by atoms with Crippen LogP contribution in [-0.4, -0.2) is 65.5 Å². The second kappa shape index (κ2) is 8.07. The lowest BCUT2D eigenvalue weighted by molar-refractivity contribution is -0.138. The fourth-order valence-electron chi connectivity index (χ4n) is 2.51. The maximum absolute atomic E-state index is 12.8. The van der Waals surface area contributed by atoms with Crippen molar-refractivity contribution in [2.24, 2.45) is 0 Å². The molecule has 0 aromatic heterocycles. The van der Waals surface area contributed by atoms with E-state index >= 15 is 0 Å². The normalized spacial score (nSPS) is 14.9. The van der Waals surface area contributed by atoms with Crippen molar-refractivity contribution in [3.8, 4) is 0 Å². The van der Waals surface area contributed by atoms with Gasteiger partial charge in [-0.15, -0.1) is 0 Å². The predicted octanol–water partition coefficient (Wildman–Crippen LogP) is 1.65. The van der Waals surface area contributed by atoms with Gasteiger partial charge >= 0.3 is 18.2 Å². The third-order valence-electron chi connectivity index (χ3n) is 3.91. The molecule has 0 saturated carbocycles. The maximum Gasteiger partial charge on any atom is 0.416 e. The number of halogens is 3. The molecule has 7 nitrogen and oxygen atoms in total. The number of aliphatic carboxylic acids is 1. The largest absolute Gasteiger partial charge is 0.481 e. The molecule has 1 saturated heterocycles. The molecule has 3 amide bonds. The van der Waals surface area contributed by atoms with Gasteiger partial charge in [-0.1, -0.05) is 6.07 Å². The SMILES string of the molecule is O=C(O)CCNC(=O)N1CCN(C(=O)c2cccc(C(F)(F)F)c2)CC1. The summed E-state index contributed by atoms with van der Waals surface area (Å²) < 4.78 is 38.3. The summed E-state index contributed by atoms with van der Waals surface area (Å²) >= 11 is 0. The van der Waals surface area contributed by atoms with Gasteiger partial charge in [-0.3, -0.25) is 9.59 Å². The first kappa shape index (κ1) is 19.5. The molecule has 10 heteroatoms. The highest BCUT2D eigenvalue weighted by Gasteiger charge is 2.32. The van der Waals surface area contributed by atoms with E-state index in [2.05, 4.69) is 5.32 Å². The molecule has 142 valence electrons. The monoisotopic (exact) mass is 373 g/mol. The lowest BCUT2D eigenvalue weighted by Crippen LogP contribution is -2.53. The molecule has 2 rings (SSSR count). The predicted molar refractivity (Wildman–Crippen MR) is 84.6 cm³/mol. The number of carboxylic acid groups (broad SMARTS) is 1. The van der Waals surface area contributed by atoms with E-state index in [4.69, 9.17) is 5.11 Å². The Balaban J connectivity index is 1.90. The van der Waals surface area contributed by atoms with Gasteiger partial charge < -0.3 is 20.2 Å². The number of rotatable bonds is 4. The molecule has 0 spiro atoms. The minimum atomic E-state index is -4.52. The molecule has 1 aliphatic rings. The van der Waals surface area contributed by atoms with Gasteiger partial charge in [0.25, 0.3) is 5.91 Å². The van der Waals surface area contributed by atoms with Gasteiger partial charge in [-0.25, -0.2) is 4.79 Å². The minimum Gasteiger partial charge on any atom is -0.481 e. The Morgan fingerprint density at radius 1 is 1.08 bits per heavy atom. The van der Waals surface area contributed by atoms with Crippen molar-refractivity contribution in [1.82, 2.24) is 15.1 Å². The van der Waals surface area contributed by atoms with E-state index in [1.165, 1.54) is 21.9 Å². The number of carbonyl (C=O) groups excluding carboxylic acids is 2. The van der Waals surface area contributed by atoms with Gasteiger partial charge in [0.2, 0.25) is 0 Å². The van der Waals surface area contributed by atoms with E-state index in [-0.39, 0.29) is 44.7 Å². The van der Waals surface area contributed by atoms with Crippen LogP contribution < -0.4 is 5.32 Å². The molecule has 1 aromatic carbocycles. The van der Waals surface area contributed by atoms with E-state index in [9.17, 15) is 27.6 Å². The molecule has 1 aliphatic heterocycles. The van der Waals surface area contributed by atoms with Crippen molar-refractivity contribution >= 4 is 17.9 Å². The molecule has 2 N–H and O–H groups in total. The number of hydrogen-bond acceptors (Lipinski definition) is 3. The second-order valence-corrected chi connectivity index (χ2v) is 5.73. The zero-order valence-corrected chi connectivity index (χ0v) is 13.8. The fraction of sp³-hybridized carbons (Fsp3) is 0.438. The first-order valence-corrected chi connectivity index (χ1v) is 7.89. The summed E-state index contributed by atoms with van der Waals surface area (Å²) in [5, 5.41) is 11.0. The third kappa shape index (κ3) is 5.11. The molecule has 1 heterocycles. The summed E-state index contributed by atoms with van der Waals surface area (Å²) in [6.07, 6.45) is -4.72. The molecule has 0 aliphatic carbocycles. The van der Waals surface area contributed by atoms with Crippen LogP contribution in [0.3, 0.4) is 0 Å². The molecule has 0 unspecified atom stereocenters. The summed E-state index contributed by atoms with van der Waals surface area (Å²) in [6.45, 7) is 0.785. The highest BCUT2D eigenvalue weighted by molar-refractivity contribution is 5.94. The summed E-state index contributed by atoms with van der Waals surface area (Å²) in [5.74, 6) is -1.55. The maximum atomic E-state index is 12.8. The third-order valence-corrected chi connectivity index (χ3v) is 3.91. The first-order valence-electron chi connectivity index (χ1n) is 7.89. The number of nitrogens with zero attached hydrogens (tertiary/aromatic N) is 2. The van der Waals surface area contributed by atoms with Crippen molar-refractivity contribution in [3.05, 3.63) is 35.4 Å². The Kier molecular flexibility index (Phi) is 6.06. The van der Waals surface area contributed by atoms with Gasteiger partial charge in [-0.2, -0.15) is 13.2 Å². The highest BCUT2D eigenvalue weighted by Crippen LogP contribution is 2.29. The van der Waals surface area contributed by atoms with Crippen LogP contribution in [0.25, 0.3) is 0 Å². The quantitative estimate of drug-likeness (QED) is 0.840. The number of urea groups is 1. The smallest absolute Gasteiger partial charge is 0.416 e. The van der Waals surface area contributed by atoms with Crippen LogP contribution in [0.5, 0.6) is 0 Å². The average Bonchev–Trinajstić information content (AvgIpc) is 2.60. The molecule has 26 heavy (non-hydrogen) atoms. The first-order chi connectivity index (χ1) is 12.2. The van der Waals surface area contributed by atoms with Crippen molar-refractivity contribution in [2.75, 3.05) is 32.7 Å². The van der Waals surface area contributed by atoms with Gasteiger partial charge in [0.05, 0.1) is 12.0 Å². The van der Waals surface area contributed by atoms with Crippen LogP contribution >= 0.6 is 0 Å². The van der Waals surface area contributed by atoms with Crippen molar-refractivity contribution in [2.45, 2.75) is 12.6 Å². The van der Waals surface area contributed by atoms with Crippen molar-refractivity contribution < 1.29 is 32.7 Å². The van der Waals surface area contributed by atoms with Gasteiger partial charge in [-0.05, 0) is 18.2 Å². The zero-order valence-electron chi connectivity index (χ0n) is 13.8. The van der Waals surface area contributed by atoms with Crippen LogP contribution in [0.1, 0.15) is 22.3 Å². The number of nitrogens with one attached hydrogen (secondary N) is 1. The van der Waals surface area contributed by atoms with Gasteiger partial charge in [0, 0.05) is 38.3 Å². The van der Waals surface area contributed by atoms with E-state index in [0.717, 1.165) is 12.1 Å². The number of alkyl halides is 3. The zero-order chi connectivity index (χ0) is 19.3. The van der Waals surface area contributed by atoms with Crippen molar-refractivity contribution in [3.63, 3.8) is 0 Å². The molecular weight excluding hydrogens is 355 g/mol. The van der Waals surface area contributed by atoms with Crippen LogP contribution in [-0.2, 0) is 11.0 Å². The molecule has 0 atom stereocenters. The molecule has 1 aromatic rings. The van der Waals surface area contributed by atoms with Crippen LogP contribution in [0.2, 0.25) is 0 Å². The van der Waals surface area contributed by atoms with Crippen LogP contribution in [0, 0.1) is 0 Å². The summed E-state index contributed by atoms with van der Waals surface area (Å²) in [7, 11) is 0. The number of carbonyl (C=O) groups is 3. The van der Waals surface area contributed by atoms with Gasteiger partial charge in [0.15, 0.2) is 0 Å². The summed E-state index contributed by atoms with van der Waals surface area (Å²) in [4.78, 5) is 37.5. The lowest BCUT2D eigenvalue weighted by Gasteiger charge is -2.34.